The summed E-state index contributed by atoms with van der Waals surface area (Å²) in [5.74, 6) is -0.104. The Kier molecular flexibility index (Phi) is 0.974. The molecule has 1 heterocycles. The van der Waals surface area contributed by atoms with Gasteiger partial charge in [-0.3, -0.25) is 0 Å². The summed E-state index contributed by atoms with van der Waals surface area (Å²) < 4.78 is 0.455. The lowest BCUT2D eigenvalue weighted by Crippen LogP contribution is -1.91. The maximum absolute atomic E-state index is 9.48. The lowest BCUT2D eigenvalue weighted by Gasteiger charge is -2.02. The summed E-state index contributed by atoms with van der Waals surface area (Å²) in [6.45, 7) is 0. The minimum absolute atomic E-state index is 0.166. The lowest BCUT2D eigenvalue weighted by molar-refractivity contribution is 0.128. The molecule has 13 heavy (non-hydrogen) atoms. The highest BCUT2D eigenvalue weighted by Gasteiger charge is 2.41. The zero-order valence-corrected chi connectivity index (χ0v) is 6.81. The molecule has 3 rings (SSSR count). The number of hydrogen-bond acceptors (Lipinski definition) is 3. The third-order valence-electron chi connectivity index (χ3n) is 3.00. The van der Waals surface area contributed by atoms with Crippen LogP contribution in [0, 0.1) is 0 Å². The predicted octanol–water partition coefficient (Wildman–Crippen LogP) is 1.28. The molecule has 2 aliphatic rings. The Bertz CT molecular complexity index is 383. The van der Waals surface area contributed by atoms with Crippen molar-refractivity contribution in [3.8, 4) is 11.8 Å². The Morgan fingerprint density at radius 1 is 1.08 bits per heavy atom. The molecule has 0 amide bonds. The normalized spacial score (nSPS) is 28.3. The molecule has 0 aliphatic heterocycles. The van der Waals surface area contributed by atoms with Gasteiger partial charge in [0, 0.05) is 23.0 Å². The van der Waals surface area contributed by atoms with Gasteiger partial charge in [0.15, 0.2) is 0 Å². The van der Waals surface area contributed by atoms with Crippen molar-refractivity contribution in [3.05, 3.63) is 23.3 Å². The van der Waals surface area contributed by atoms with E-state index >= 15 is 0 Å². The average molecular weight is 179 g/mol. The molecule has 2 bridgehead atoms. The van der Waals surface area contributed by atoms with Crippen LogP contribution in [0.15, 0.2) is 12.2 Å². The van der Waals surface area contributed by atoms with Gasteiger partial charge in [0.05, 0.1) is 0 Å². The summed E-state index contributed by atoms with van der Waals surface area (Å²) in [7, 11) is 0. The number of hydrogen-bond donors (Lipinski definition) is 3. The summed E-state index contributed by atoms with van der Waals surface area (Å²) in [4.78, 5) is 0. The highest BCUT2D eigenvalue weighted by Crippen LogP contribution is 2.55. The van der Waals surface area contributed by atoms with E-state index in [2.05, 4.69) is 0 Å². The van der Waals surface area contributed by atoms with Crippen LogP contribution in [0.2, 0.25) is 0 Å². The molecule has 1 aromatic heterocycles. The monoisotopic (exact) mass is 179 g/mol. The van der Waals surface area contributed by atoms with Gasteiger partial charge in [-0.25, -0.2) is 0 Å². The highest BCUT2D eigenvalue weighted by atomic mass is 16.5. The van der Waals surface area contributed by atoms with Crippen LogP contribution >= 0.6 is 0 Å². The van der Waals surface area contributed by atoms with Crippen LogP contribution in [-0.2, 0) is 0 Å². The van der Waals surface area contributed by atoms with E-state index in [1.165, 1.54) is 0 Å². The molecule has 0 aromatic carbocycles. The zero-order chi connectivity index (χ0) is 9.16. The van der Waals surface area contributed by atoms with E-state index in [-0.39, 0.29) is 23.6 Å². The summed E-state index contributed by atoms with van der Waals surface area (Å²) in [5.41, 5.74) is 1.38. The van der Waals surface area contributed by atoms with E-state index in [1.807, 2.05) is 12.2 Å². The highest BCUT2D eigenvalue weighted by molar-refractivity contribution is 5.58. The molecule has 0 spiro atoms. The fourth-order valence-corrected chi connectivity index (χ4v) is 2.43. The molecule has 0 radical (unpaired) electrons. The number of aromatic nitrogens is 1. The maximum Gasteiger partial charge on any atom is 0.233 e. The van der Waals surface area contributed by atoms with Gasteiger partial charge >= 0.3 is 0 Å². The van der Waals surface area contributed by atoms with E-state index < -0.39 is 0 Å². The Hall–Kier alpha value is -1.58. The van der Waals surface area contributed by atoms with Crippen LogP contribution in [0.4, 0.5) is 0 Å². The van der Waals surface area contributed by atoms with E-state index in [4.69, 9.17) is 0 Å². The van der Waals surface area contributed by atoms with Crippen LogP contribution in [0.3, 0.4) is 0 Å². The van der Waals surface area contributed by atoms with Crippen molar-refractivity contribution in [2.45, 2.75) is 18.3 Å². The SMILES string of the molecule is Oc1c2c(c(O)n1O)C1C=CC2C1. The van der Waals surface area contributed by atoms with E-state index in [0.29, 0.717) is 15.9 Å². The predicted molar refractivity (Wildman–Crippen MR) is 44.2 cm³/mol. The first-order chi connectivity index (χ1) is 6.20. The van der Waals surface area contributed by atoms with Gasteiger partial charge in [0.2, 0.25) is 11.8 Å². The average Bonchev–Trinajstić information content (AvgIpc) is 2.76. The minimum Gasteiger partial charge on any atom is -0.492 e. The first-order valence-electron chi connectivity index (χ1n) is 4.24. The molecule has 2 unspecified atom stereocenters. The van der Waals surface area contributed by atoms with Crippen LogP contribution < -0.4 is 0 Å². The van der Waals surface area contributed by atoms with Crippen molar-refractivity contribution >= 4 is 0 Å². The number of fused-ring (bicyclic) bond motifs is 5. The first kappa shape index (κ1) is 6.88. The fraction of sp³-hybridized carbons (Fsp3) is 0.333. The van der Waals surface area contributed by atoms with Gasteiger partial charge in [0.1, 0.15) is 0 Å². The molecule has 2 atom stereocenters. The molecule has 4 nitrogen and oxygen atoms in total. The van der Waals surface area contributed by atoms with E-state index in [9.17, 15) is 15.4 Å². The van der Waals surface area contributed by atoms with Gasteiger partial charge in [-0.05, 0) is 6.42 Å². The van der Waals surface area contributed by atoms with Crippen molar-refractivity contribution in [1.82, 2.24) is 4.73 Å². The largest absolute Gasteiger partial charge is 0.492 e. The molecular weight excluding hydrogens is 170 g/mol. The number of rotatable bonds is 0. The van der Waals surface area contributed by atoms with Gasteiger partial charge in [-0.2, -0.15) is 0 Å². The quantitative estimate of drug-likeness (QED) is 0.415. The van der Waals surface area contributed by atoms with Crippen LogP contribution in [0.5, 0.6) is 11.8 Å². The summed E-state index contributed by atoms with van der Waals surface area (Å²) in [5, 5.41) is 28.2. The number of nitrogens with zero attached hydrogens (tertiary/aromatic N) is 1. The van der Waals surface area contributed by atoms with Gasteiger partial charge in [-0.1, -0.05) is 12.2 Å². The van der Waals surface area contributed by atoms with Crippen molar-refractivity contribution in [2.75, 3.05) is 0 Å². The standard InChI is InChI=1S/C9H9NO3/c11-8-6-4-1-2-5(3-4)7(6)9(12)10(8)13/h1-2,4-5,11-13H,3H2. The van der Waals surface area contributed by atoms with Gasteiger partial charge in [-0.15, -0.1) is 4.73 Å². The molecule has 0 fully saturated rings. The molecule has 0 saturated heterocycles. The third kappa shape index (κ3) is 0.589. The lowest BCUT2D eigenvalue weighted by atomic mass is 10.0. The molecular formula is C9H9NO3. The molecule has 4 heteroatoms. The molecule has 2 aliphatic carbocycles. The Labute approximate surface area is 74.3 Å². The second-order valence-electron chi connectivity index (χ2n) is 3.62. The maximum atomic E-state index is 9.48. The molecule has 0 saturated carbocycles. The van der Waals surface area contributed by atoms with Crippen LogP contribution in [-0.4, -0.2) is 20.2 Å². The second kappa shape index (κ2) is 1.84. The van der Waals surface area contributed by atoms with Crippen molar-refractivity contribution in [2.24, 2.45) is 0 Å². The minimum atomic E-state index is -0.218. The second-order valence-corrected chi connectivity index (χ2v) is 3.62. The van der Waals surface area contributed by atoms with E-state index in [0.717, 1.165) is 6.42 Å². The third-order valence-corrected chi connectivity index (χ3v) is 3.00. The summed E-state index contributed by atoms with van der Waals surface area (Å²) in [6, 6.07) is 0. The van der Waals surface area contributed by atoms with Gasteiger partial charge < -0.3 is 15.4 Å². The van der Waals surface area contributed by atoms with Crippen molar-refractivity contribution in [3.63, 3.8) is 0 Å². The first-order valence-corrected chi connectivity index (χ1v) is 4.24. The fourth-order valence-electron chi connectivity index (χ4n) is 2.43. The summed E-state index contributed by atoms with van der Waals surface area (Å²) in [6.07, 6.45) is 4.92. The number of allylic oxidation sites excluding steroid dienone is 2. The summed E-state index contributed by atoms with van der Waals surface area (Å²) >= 11 is 0. The Morgan fingerprint density at radius 3 is 2.00 bits per heavy atom. The smallest absolute Gasteiger partial charge is 0.233 e. The van der Waals surface area contributed by atoms with Crippen LogP contribution in [0.1, 0.15) is 29.4 Å². The Morgan fingerprint density at radius 2 is 1.54 bits per heavy atom. The number of aromatic hydroxyl groups is 2. The van der Waals surface area contributed by atoms with E-state index in [1.54, 1.807) is 0 Å². The molecule has 3 N–H and O–H groups in total. The Balaban J connectivity index is 2.34. The van der Waals surface area contributed by atoms with Crippen molar-refractivity contribution < 1.29 is 15.4 Å². The molecule has 1 aromatic rings. The van der Waals surface area contributed by atoms with Gasteiger partial charge in [0.25, 0.3) is 0 Å². The van der Waals surface area contributed by atoms with Crippen LogP contribution in [0.25, 0.3) is 0 Å². The topological polar surface area (TPSA) is 65.6 Å². The molecule has 68 valence electrons. The van der Waals surface area contributed by atoms with Crippen molar-refractivity contribution in [1.29, 1.82) is 0 Å². The zero-order valence-electron chi connectivity index (χ0n) is 6.81.